The third-order valence-electron chi connectivity index (χ3n) is 2.99. The maximum atomic E-state index is 13.5. The highest BCUT2D eigenvalue weighted by Crippen LogP contribution is 2.27. The molecule has 0 amide bonds. The molecule has 2 N–H and O–H groups in total. The molecule has 0 bridgehead atoms. The van der Waals surface area contributed by atoms with E-state index < -0.39 is 17.5 Å². The Kier molecular flexibility index (Phi) is 3.70. The fraction of sp³-hybridized carbons (Fsp3) is 0.500. The second kappa shape index (κ2) is 4.92. The molecule has 1 aliphatic rings. The van der Waals surface area contributed by atoms with Crippen molar-refractivity contribution in [3.05, 3.63) is 28.5 Å². The van der Waals surface area contributed by atoms with E-state index in [1.54, 1.807) is 19.1 Å². The second-order valence-corrected chi connectivity index (χ2v) is 5.41. The first-order chi connectivity index (χ1) is 7.99. The number of hydrogen-bond donors (Lipinski definition) is 2. The van der Waals surface area contributed by atoms with Crippen LogP contribution in [0.4, 0.5) is 4.39 Å². The average Bonchev–Trinajstić information content (AvgIpc) is 2.26. The summed E-state index contributed by atoms with van der Waals surface area (Å²) < 4.78 is 19.8. The third-order valence-corrected chi connectivity index (χ3v) is 3.49. The number of aliphatic hydroxyl groups is 1. The van der Waals surface area contributed by atoms with E-state index >= 15 is 0 Å². The Labute approximate surface area is 108 Å². The van der Waals surface area contributed by atoms with Crippen LogP contribution in [-0.2, 0) is 0 Å². The van der Waals surface area contributed by atoms with E-state index in [-0.39, 0.29) is 5.75 Å². The summed E-state index contributed by atoms with van der Waals surface area (Å²) in [7, 11) is 0. The number of rotatable bonds is 2. The van der Waals surface area contributed by atoms with Crippen LogP contribution in [-0.4, -0.2) is 29.9 Å². The minimum absolute atomic E-state index is 0.161. The average molecular weight is 304 g/mol. The van der Waals surface area contributed by atoms with Crippen LogP contribution >= 0.6 is 15.9 Å². The van der Waals surface area contributed by atoms with Crippen molar-refractivity contribution < 1.29 is 14.2 Å². The molecule has 0 aliphatic carbocycles. The van der Waals surface area contributed by atoms with Gasteiger partial charge in [0.25, 0.3) is 0 Å². The molecule has 0 saturated carbocycles. The summed E-state index contributed by atoms with van der Waals surface area (Å²) >= 11 is 3.26. The molecule has 1 fully saturated rings. The Bertz CT molecular complexity index is 411. The number of hydrogen-bond acceptors (Lipinski definition) is 3. The maximum absolute atomic E-state index is 13.5. The monoisotopic (exact) mass is 303 g/mol. The molecular formula is C12H15BrFNO2. The Morgan fingerprint density at radius 1 is 1.59 bits per heavy atom. The lowest BCUT2D eigenvalue weighted by atomic mass is 9.92. The zero-order valence-electron chi connectivity index (χ0n) is 9.54. The van der Waals surface area contributed by atoms with Crippen LogP contribution in [0.5, 0.6) is 5.75 Å². The number of halogens is 2. The highest BCUT2D eigenvalue weighted by molar-refractivity contribution is 9.10. The molecule has 0 spiro atoms. The van der Waals surface area contributed by atoms with Crippen molar-refractivity contribution in [2.45, 2.75) is 25.0 Å². The summed E-state index contributed by atoms with van der Waals surface area (Å²) in [4.78, 5) is 0. The molecule has 1 aliphatic heterocycles. The maximum Gasteiger partial charge on any atom is 0.165 e. The Balaban J connectivity index is 2.16. The zero-order chi connectivity index (χ0) is 12.5. The number of ether oxygens (including phenoxy) is 1. The molecule has 1 aromatic carbocycles. The van der Waals surface area contributed by atoms with Crippen molar-refractivity contribution in [2.75, 3.05) is 13.1 Å². The molecule has 1 aromatic rings. The van der Waals surface area contributed by atoms with Gasteiger partial charge in [-0.3, -0.25) is 0 Å². The first-order valence-corrected chi connectivity index (χ1v) is 6.33. The predicted molar refractivity (Wildman–Crippen MR) is 66.6 cm³/mol. The molecule has 17 heavy (non-hydrogen) atoms. The molecule has 0 aromatic heterocycles. The topological polar surface area (TPSA) is 41.5 Å². The number of nitrogens with one attached hydrogen (secondary N) is 1. The lowest BCUT2D eigenvalue weighted by Crippen LogP contribution is -2.55. The van der Waals surface area contributed by atoms with Crippen LogP contribution < -0.4 is 10.1 Å². The van der Waals surface area contributed by atoms with Gasteiger partial charge in [0.1, 0.15) is 11.7 Å². The second-order valence-electron chi connectivity index (χ2n) is 4.49. The van der Waals surface area contributed by atoms with E-state index in [1.165, 1.54) is 6.07 Å². The van der Waals surface area contributed by atoms with E-state index in [0.717, 1.165) is 11.0 Å². The quantitative estimate of drug-likeness (QED) is 0.879. The van der Waals surface area contributed by atoms with Crippen LogP contribution in [0.2, 0.25) is 0 Å². The Hall–Kier alpha value is -0.650. The molecule has 0 radical (unpaired) electrons. The molecule has 94 valence electrons. The lowest BCUT2D eigenvalue weighted by molar-refractivity contribution is -0.0669. The van der Waals surface area contributed by atoms with Crippen LogP contribution in [0, 0.1) is 5.82 Å². The van der Waals surface area contributed by atoms with Gasteiger partial charge in [-0.1, -0.05) is 15.9 Å². The van der Waals surface area contributed by atoms with Gasteiger partial charge in [0.05, 0.1) is 0 Å². The SMILES string of the molecule is CC1(O)CCNCC1Oc1cc(Br)ccc1F. The molecule has 1 saturated heterocycles. The lowest BCUT2D eigenvalue weighted by Gasteiger charge is -2.37. The predicted octanol–water partition coefficient (Wildman–Crippen LogP) is 2.08. The van der Waals surface area contributed by atoms with E-state index in [4.69, 9.17) is 4.74 Å². The Morgan fingerprint density at radius 3 is 3.06 bits per heavy atom. The van der Waals surface area contributed by atoms with Crippen LogP contribution in [0.25, 0.3) is 0 Å². The van der Waals surface area contributed by atoms with E-state index in [9.17, 15) is 9.50 Å². The first kappa shape index (κ1) is 12.8. The van der Waals surface area contributed by atoms with E-state index in [2.05, 4.69) is 21.2 Å². The van der Waals surface area contributed by atoms with Gasteiger partial charge in [-0.15, -0.1) is 0 Å². The molecule has 3 nitrogen and oxygen atoms in total. The van der Waals surface area contributed by atoms with Gasteiger partial charge in [-0.05, 0) is 38.1 Å². The molecule has 2 unspecified atom stereocenters. The van der Waals surface area contributed by atoms with Gasteiger partial charge >= 0.3 is 0 Å². The van der Waals surface area contributed by atoms with Gasteiger partial charge in [0.2, 0.25) is 0 Å². The minimum Gasteiger partial charge on any atom is -0.483 e. The standard InChI is InChI=1S/C12H15BrFNO2/c1-12(16)4-5-15-7-11(12)17-10-6-8(13)2-3-9(10)14/h2-3,6,11,15-16H,4-5,7H2,1H3. The zero-order valence-corrected chi connectivity index (χ0v) is 11.1. The van der Waals surface area contributed by atoms with Gasteiger partial charge in [-0.25, -0.2) is 4.39 Å². The normalized spacial score (nSPS) is 29.1. The summed E-state index contributed by atoms with van der Waals surface area (Å²) in [6.45, 7) is 2.97. The summed E-state index contributed by atoms with van der Waals surface area (Å²) in [5.41, 5.74) is -0.931. The van der Waals surface area contributed by atoms with Crippen molar-refractivity contribution in [2.24, 2.45) is 0 Å². The number of benzene rings is 1. The highest BCUT2D eigenvalue weighted by Gasteiger charge is 2.36. The smallest absolute Gasteiger partial charge is 0.165 e. The fourth-order valence-corrected chi connectivity index (χ4v) is 2.18. The summed E-state index contributed by atoms with van der Waals surface area (Å²) in [6.07, 6.45) is 0.146. The van der Waals surface area contributed by atoms with Gasteiger partial charge in [0.15, 0.2) is 11.6 Å². The van der Waals surface area contributed by atoms with Crippen molar-refractivity contribution in [3.8, 4) is 5.75 Å². The van der Waals surface area contributed by atoms with Gasteiger partial charge in [0, 0.05) is 11.0 Å². The molecule has 2 rings (SSSR count). The fourth-order valence-electron chi connectivity index (χ4n) is 1.84. The third kappa shape index (κ3) is 2.97. The highest BCUT2D eigenvalue weighted by atomic mass is 79.9. The van der Waals surface area contributed by atoms with Gasteiger partial charge in [-0.2, -0.15) is 0 Å². The van der Waals surface area contributed by atoms with Gasteiger partial charge < -0.3 is 15.2 Å². The summed E-state index contributed by atoms with van der Waals surface area (Å²) in [5.74, 6) is -0.261. The van der Waals surface area contributed by atoms with Crippen LogP contribution in [0.15, 0.2) is 22.7 Å². The summed E-state index contributed by atoms with van der Waals surface area (Å²) in [5, 5.41) is 13.3. The summed E-state index contributed by atoms with van der Waals surface area (Å²) in [6, 6.07) is 4.52. The molecule has 2 atom stereocenters. The minimum atomic E-state index is -0.931. The van der Waals surface area contributed by atoms with Crippen molar-refractivity contribution >= 4 is 15.9 Å². The Morgan fingerprint density at radius 2 is 2.35 bits per heavy atom. The van der Waals surface area contributed by atoms with Crippen LogP contribution in [0.3, 0.4) is 0 Å². The van der Waals surface area contributed by atoms with Crippen LogP contribution in [0.1, 0.15) is 13.3 Å². The van der Waals surface area contributed by atoms with E-state index in [1.807, 2.05) is 0 Å². The van der Waals surface area contributed by atoms with E-state index in [0.29, 0.717) is 13.0 Å². The van der Waals surface area contributed by atoms with Crippen molar-refractivity contribution in [1.29, 1.82) is 0 Å². The first-order valence-electron chi connectivity index (χ1n) is 5.54. The van der Waals surface area contributed by atoms with Crippen molar-refractivity contribution in [3.63, 3.8) is 0 Å². The molecular weight excluding hydrogens is 289 g/mol. The van der Waals surface area contributed by atoms with Crippen molar-refractivity contribution in [1.82, 2.24) is 5.32 Å². The molecule has 1 heterocycles. The number of piperidine rings is 1. The largest absolute Gasteiger partial charge is 0.483 e. The molecule has 5 heteroatoms.